The first-order valence-corrected chi connectivity index (χ1v) is 13.3. The van der Waals surface area contributed by atoms with Gasteiger partial charge in [-0.15, -0.1) is 0 Å². The van der Waals surface area contributed by atoms with Crippen molar-refractivity contribution >= 4 is 0 Å². The molecule has 4 heteroatoms. The zero-order chi connectivity index (χ0) is 25.9. The molecule has 1 aromatic heterocycles. The van der Waals surface area contributed by atoms with E-state index < -0.39 is 11.1 Å². The van der Waals surface area contributed by atoms with Gasteiger partial charge in [0.2, 0.25) is 0 Å². The van der Waals surface area contributed by atoms with E-state index in [0.717, 1.165) is 40.7 Å². The molecule has 4 aromatic carbocycles. The van der Waals surface area contributed by atoms with Crippen LogP contribution in [0.25, 0.3) is 0 Å². The maximum atomic E-state index is 14.8. The van der Waals surface area contributed by atoms with Crippen molar-refractivity contribution in [2.75, 3.05) is 0 Å². The summed E-state index contributed by atoms with van der Waals surface area (Å²) in [6.07, 6.45) is 5.75. The highest BCUT2D eigenvalue weighted by atomic mass is 19.1. The number of rotatable bonds is 6. The molecule has 3 atom stereocenters. The van der Waals surface area contributed by atoms with Crippen molar-refractivity contribution in [1.82, 2.24) is 9.55 Å². The highest BCUT2D eigenvalue weighted by molar-refractivity contribution is 5.53. The van der Waals surface area contributed by atoms with Crippen LogP contribution in [0.5, 0.6) is 0 Å². The lowest BCUT2D eigenvalue weighted by atomic mass is 9.76. The summed E-state index contributed by atoms with van der Waals surface area (Å²) in [7, 11) is 0. The maximum Gasteiger partial charge on any atom is 0.131 e. The topological polar surface area (TPSA) is 38.0 Å². The number of aromatic nitrogens is 2. The van der Waals surface area contributed by atoms with E-state index >= 15 is 0 Å². The predicted molar refractivity (Wildman–Crippen MR) is 146 cm³/mol. The van der Waals surface area contributed by atoms with Gasteiger partial charge in [0.25, 0.3) is 0 Å². The monoisotopic (exact) mass is 500 g/mol. The van der Waals surface area contributed by atoms with Crippen LogP contribution < -0.4 is 0 Å². The third-order valence-electron chi connectivity index (χ3n) is 8.61. The second-order valence-electron chi connectivity index (χ2n) is 10.9. The molecule has 0 spiro atoms. The van der Waals surface area contributed by atoms with Crippen LogP contribution >= 0.6 is 0 Å². The molecular weight excluding hydrogens is 471 g/mol. The van der Waals surface area contributed by atoms with Gasteiger partial charge in [0, 0.05) is 6.20 Å². The summed E-state index contributed by atoms with van der Waals surface area (Å²) in [4.78, 5) is 4.78. The van der Waals surface area contributed by atoms with Crippen molar-refractivity contribution in [3.8, 4) is 0 Å². The molecule has 1 saturated carbocycles. The van der Waals surface area contributed by atoms with Gasteiger partial charge in [-0.1, -0.05) is 91.0 Å². The Morgan fingerprint density at radius 1 is 0.842 bits per heavy atom. The fourth-order valence-electron chi connectivity index (χ4n) is 6.65. The first-order valence-electron chi connectivity index (χ1n) is 13.3. The number of benzene rings is 4. The number of imidazole rings is 1. The van der Waals surface area contributed by atoms with Gasteiger partial charge in [0.15, 0.2) is 0 Å². The van der Waals surface area contributed by atoms with Gasteiger partial charge < -0.3 is 9.67 Å². The molecule has 0 saturated heterocycles. The molecule has 3 unspecified atom stereocenters. The van der Waals surface area contributed by atoms with Crippen LogP contribution in [-0.4, -0.2) is 14.7 Å². The molecule has 0 amide bonds. The molecule has 0 aliphatic heterocycles. The normalized spacial score (nSPS) is 19.4. The summed E-state index contributed by atoms with van der Waals surface area (Å²) in [6, 6.07) is 34.3. The van der Waals surface area contributed by atoms with Crippen molar-refractivity contribution in [2.24, 2.45) is 5.92 Å². The fraction of sp³-hybridized carbons (Fsp3) is 0.206. The lowest BCUT2D eigenvalue weighted by molar-refractivity contribution is 0.0962. The molecule has 0 radical (unpaired) electrons. The van der Waals surface area contributed by atoms with Crippen LogP contribution in [0.15, 0.2) is 116 Å². The Bertz CT molecular complexity index is 1510. The molecule has 2 aliphatic carbocycles. The molecule has 1 N–H and O–H groups in total. The van der Waals surface area contributed by atoms with Crippen LogP contribution in [0.3, 0.4) is 0 Å². The smallest absolute Gasteiger partial charge is 0.131 e. The fourth-order valence-corrected chi connectivity index (χ4v) is 6.65. The average Bonchev–Trinajstić information content (AvgIpc) is 3.36. The van der Waals surface area contributed by atoms with Crippen molar-refractivity contribution < 1.29 is 9.50 Å². The summed E-state index contributed by atoms with van der Waals surface area (Å²) in [5.74, 6) is 0.730. The molecule has 3 nitrogen and oxygen atoms in total. The quantitative estimate of drug-likeness (QED) is 0.261. The number of nitrogens with zero attached hydrogens (tertiary/aromatic N) is 2. The first kappa shape index (κ1) is 23.1. The minimum absolute atomic E-state index is 0.293. The molecule has 7 rings (SSSR count). The van der Waals surface area contributed by atoms with Crippen LogP contribution in [0, 0.1) is 11.7 Å². The van der Waals surface area contributed by atoms with Crippen molar-refractivity contribution in [2.45, 2.75) is 36.8 Å². The van der Waals surface area contributed by atoms with E-state index in [4.69, 9.17) is 4.98 Å². The van der Waals surface area contributed by atoms with Gasteiger partial charge in [0.1, 0.15) is 17.0 Å². The molecule has 1 fully saturated rings. The van der Waals surface area contributed by atoms with Gasteiger partial charge in [-0.25, -0.2) is 9.37 Å². The zero-order valence-electron chi connectivity index (χ0n) is 21.3. The molecule has 0 bridgehead atoms. The molecule has 1 heterocycles. The second-order valence-corrected chi connectivity index (χ2v) is 10.9. The zero-order valence-corrected chi connectivity index (χ0v) is 21.3. The van der Waals surface area contributed by atoms with Gasteiger partial charge in [0.05, 0.1) is 12.0 Å². The van der Waals surface area contributed by atoms with E-state index in [0.29, 0.717) is 23.1 Å². The van der Waals surface area contributed by atoms with E-state index in [1.807, 2.05) is 60.8 Å². The maximum absolute atomic E-state index is 14.8. The first-order chi connectivity index (χ1) is 18.5. The van der Waals surface area contributed by atoms with Crippen molar-refractivity contribution in [1.29, 1.82) is 0 Å². The van der Waals surface area contributed by atoms with Crippen molar-refractivity contribution in [3.63, 3.8) is 0 Å². The number of fused-ring (bicyclic) bond motifs is 3. The third-order valence-corrected chi connectivity index (χ3v) is 8.61. The Morgan fingerprint density at radius 3 is 1.95 bits per heavy atom. The van der Waals surface area contributed by atoms with Gasteiger partial charge >= 0.3 is 0 Å². The van der Waals surface area contributed by atoms with Gasteiger partial charge in [-0.05, 0) is 77.1 Å². The summed E-state index contributed by atoms with van der Waals surface area (Å²) in [5.41, 5.74) is 4.35. The van der Waals surface area contributed by atoms with E-state index in [2.05, 4.69) is 41.0 Å². The number of hydrogen-bond acceptors (Lipinski definition) is 2. The van der Waals surface area contributed by atoms with E-state index in [9.17, 15) is 9.50 Å². The Hall–Kier alpha value is -4.02. The lowest BCUT2D eigenvalue weighted by Gasteiger charge is -2.37. The van der Waals surface area contributed by atoms with Crippen molar-refractivity contribution in [3.05, 3.63) is 161 Å². The van der Waals surface area contributed by atoms with E-state index in [1.54, 1.807) is 19.3 Å². The summed E-state index contributed by atoms with van der Waals surface area (Å²) in [6.45, 7) is 1.74. The van der Waals surface area contributed by atoms with E-state index in [-0.39, 0.29) is 5.82 Å². The van der Waals surface area contributed by atoms with Crippen LogP contribution in [-0.2, 0) is 17.6 Å². The highest BCUT2D eigenvalue weighted by Gasteiger charge is 2.48. The largest absolute Gasteiger partial charge is 0.379 e. The molecular formula is C34H29FN2O. The lowest BCUT2D eigenvalue weighted by Crippen LogP contribution is -2.37. The Labute approximate surface area is 222 Å². The van der Waals surface area contributed by atoms with E-state index in [1.165, 1.54) is 6.07 Å². The van der Waals surface area contributed by atoms with Gasteiger partial charge in [-0.3, -0.25) is 0 Å². The highest BCUT2D eigenvalue weighted by Crippen LogP contribution is 2.58. The Balaban J connectivity index is 1.44. The molecule has 5 aromatic rings. The molecule has 38 heavy (non-hydrogen) atoms. The Morgan fingerprint density at radius 2 is 1.39 bits per heavy atom. The Kier molecular flexibility index (Phi) is 5.17. The van der Waals surface area contributed by atoms with Crippen LogP contribution in [0.4, 0.5) is 4.39 Å². The summed E-state index contributed by atoms with van der Waals surface area (Å²) < 4.78 is 16.9. The molecule has 2 aliphatic rings. The second kappa shape index (κ2) is 8.50. The number of aliphatic hydroxyl groups is 1. The van der Waals surface area contributed by atoms with Crippen LogP contribution in [0.2, 0.25) is 0 Å². The summed E-state index contributed by atoms with van der Waals surface area (Å²) >= 11 is 0. The minimum atomic E-state index is -1.44. The van der Waals surface area contributed by atoms with Gasteiger partial charge in [-0.2, -0.15) is 0 Å². The molecule has 188 valence electrons. The number of hydrogen-bond donors (Lipinski definition) is 1. The number of halogens is 1. The average molecular weight is 501 g/mol. The summed E-state index contributed by atoms with van der Waals surface area (Å²) in [5, 5.41) is 12.0. The SMILES string of the molecule is CC(O)(c1cn(C(c2ccccc2)(c2ccccc2)c2ccccc2)cn1)c1cc(F)cc2c1CC1CC21. The predicted octanol–water partition coefficient (Wildman–Crippen LogP) is 6.78. The minimum Gasteiger partial charge on any atom is -0.379 e. The third kappa shape index (κ3) is 3.40. The van der Waals surface area contributed by atoms with Crippen LogP contribution in [0.1, 0.15) is 58.3 Å². The standard InChI is InChI=1S/C34H29FN2O/c1-33(38,31-20-27(35)19-29-28-17-23(28)18-30(29)31)32-21-37(22-36-32)34(24-11-5-2-6-12-24,25-13-7-3-8-14-25)26-15-9-4-10-16-26/h2-16,19-23,28,38H,17-18H2,1H3.